The van der Waals surface area contributed by atoms with Crippen LogP contribution in [0.3, 0.4) is 0 Å². The van der Waals surface area contributed by atoms with Crippen LogP contribution >= 0.6 is 11.6 Å². The zero-order chi connectivity index (χ0) is 15.9. The van der Waals surface area contributed by atoms with Crippen LogP contribution in [0.1, 0.15) is 37.0 Å². The molecule has 116 valence electrons. The minimum atomic E-state index is -0.623. The summed E-state index contributed by atoms with van der Waals surface area (Å²) in [5.74, 6) is -0.667. The lowest BCUT2D eigenvalue weighted by Gasteiger charge is -2.30. The maximum atomic E-state index is 11.9. The first-order valence-electron chi connectivity index (χ1n) is 6.92. The highest BCUT2D eigenvalue weighted by Crippen LogP contribution is 2.13. The van der Waals surface area contributed by atoms with E-state index in [0.29, 0.717) is 23.4 Å². The Hall–Kier alpha value is -1.59. The van der Waals surface area contributed by atoms with E-state index in [-0.39, 0.29) is 25.0 Å². The van der Waals surface area contributed by atoms with Crippen molar-refractivity contribution in [1.82, 2.24) is 10.6 Å². The summed E-state index contributed by atoms with van der Waals surface area (Å²) in [6.07, 6.45) is 1.24. The molecule has 3 N–H and O–H groups in total. The second-order valence-corrected chi connectivity index (χ2v) is 5.32. The van der Waals surface area contributed by atoms with E-state index < -0.39 is 5.54 Å². The van der Waals surface area contributed by atoms with Gasteiger partial charge in [0.2, 0.25) is 5.91 Å². The lowest BCUT2D eigenvalue weighted by Crippen LogP contribution is -2.53. The van der Waals surface area contributed by atoms with Gasteiger partial charge in [0.05, 0.1) is 18.7 Å². The van der Waals surface area contributed by atoms with E-state index in [1.807, 2.05) is 13.8 Å². The van der Waals surface area contributed by atoms with Gasteiger partial charge in [-0.15, -0.1) is 0 Å². The number of hydrogen-bond acceptors (Lipinski definition) is 3. The van der Waals surface area contributed by atoms with Crippen LogP contribution in [0.5, 0.6) is 0 Å². The smallest absolute Gasteiger partial charge is 0.251 e. The maximum absolute atomic E-state index is 11.9. The minimum Gasteiger partial charge on any atom is -0.394 e. The first-order chi connectivity index (χ1) is 9.96. The molecule has 21 heavy (non-hydrogen) atoms. The summed E-state index contributed by atoms with van der Waals surface area (Å²) in [5, 5.41) is 15.2. The number of carbonyl (C=O) groups excluding carboxylic acids is 2. The van der Waals surface area contributed by atoms with E-state index in [2.05, 4.69) is 10.6 Å². The normalized spacial score (nSPS) is 11.0. The summed E-state index contributed by atoms with van der Waals surface area (Å²) in [6, 6.07) is 6.40. The van der Waals surface area contributed by atoms with Crippen LogP contribution in [0.15, 0.2) is 24.3 Å². The number of amides is 2. The van der Waals surface area contributed by atoms with E-state index >= 15 is 0 Å². The van der Waals surface area contributed by atoms with Crippen LogP contribution in [0.2, 0.25) is 5.02 Å². The predicted octanol–water partition coefficient (Wildman–Crippen LogP) is 1.74. The van der Waals surface area contributed by atoms with E-state index in [1.165, 1.54) is 0 Å². The van der Waals surface area contributed by atoms with Crippen molar-refractivity contribution in [2.75, 3.05) is 13.2 Å². The number of aliphatic hydroxyl groups is 1. The van der Waals surface area contributed by atoms with Crippen molar-refractivity contribution in [3.8, 4) is 0 Å². The molecule has 0 bridgehead atoms. The van der Waals surface area contributed by atoms with Crippen LogP contribution in [0.25, 0.3) is 0 Å². The van der Waals surface area contributed by atoms with Gasteiger partial charge in [0.1, 0.15) is 0 Å². The van der Waals surface area contributed by atoms with Gasteiger partial charge in [-0.3, -0.25) is 9.59 Å². The maximum Gasteiger partial charge on any atom is 0.251 e. The molecule has 0 radical (unpaired) electrons. The summed E-state index contributed by atoms with van der Waals surface area (Å²) in [5.41, 5.74) is -0.186. The summed E-state index contributed by atoms with van der Waals surface area (Å²) in [6.45, 7) is 3.53. The van der Waals surface area contributed by atoms with E-state index in [1.54, 1.807) is 24.3 Å². The number of aliphatic hydroxyl groups excluding tert-OH is 1. The molecule has 0 saturated heterocycles. The van der Waals surface area contributed by atoms with E-state index in [0.717, 1.165) is 0 Å². The Labute approximate surface area is 129 Å². The number of carbonyl (C=O) groups is 2. The van der Waals surface area contributed by atoms with Crippen molar-refractivity contribution in [3.05, 3.63) is 34.9 Å². The van der Waals surface area contributed by atoms with Gasteiger partial charge in [-0.2, -0.15) is 0 Å². The fourth-order valence-corrected chi connectivity index (χ4v) is 2.02. The fourth-order valence-electron chi connectivity index (χ4n) is 1.89. The molecule has 1 aromatic rings. The average molecular weight is 313 g/mol. The second kappa shape index (κ2) is 8.00. The van der Waals surface area contributed by atoms with Gasteiger partial charge in [0, 0.05) is 10.6 Å². The van der Waals surface area contributed by atoms with Crippen LogP contribution in [0.4, 0.5) is 0 Å². The van der Waals surface area contributed by atoms with Gasteiger partial charge in [-0.25, -0.2) is 0 Å². The Kier molecular flexibility index (Phi) is 6.65. The molecule has 0 aliphatic rings. The van der Waals surface area contributed by atoms with Gasteiger partial charge in [0.15, 0.2) is 0 Å². The lowest BCUT2D eigenvalue weighted by atomic mass is 9.94. The number of rotatable bonds is 7. The molecule has 5 nitrogen and oxygen atoms in total. The monoisotopic (exact) mass is 312 g/mol. The first kappa shape index (κ1) is 17.5. The molecule has 0 aromatic heterocycles. The first-order valence-corrected chi connectivity index (χ1v) is 7.29. The number of nitrogens with one attached hydrogen (secondary N) is 2. The van der Waals surface area contributed by atoms with Crippen molar-refractivity contribution in [2.45, 2.75) is 32.2 Å². The molecule has 0 fully saturated rings. The van der Waals surface area contributed by atoms with Crippen molar-refractivity contribution in [1.29, 1.82) is 0 Å². The molecule has 1 aromatic carbocycles. The minimum absolute atomic E-state index is 0.128. The topological polar surface area (TPSA) is 78.4 Å². The molecule has 6 heteroatoms. The number of benzene rings is 1. The average Bonchev–Trinajstić information content (AvgIpc) is 2.51. The Morgan fingerprint density at radius 2 is 1.76 bits per heavy atom. The standard InChI is InChI=1S/C15H21ClN2O3/c1-3-15(4-2,10-19)18-13(20)9-17-14(21)11-5-7-12(16)8-6-11/h5-8,19H,3-4,9-10H2,1-2H3,(H,17,21)(H,18,20). The zero-order valence-corrected chi connectivity index (χ0v) is 13.0. The second-order valence-electron chi connectivity index (χ2n) is 4.88. The third kappa shape index (κ3) is 5.02. The number of halogens is 1. The van der Waals surface area contributed by atoms with Crippen molar-refractivity contribution in [2.24, 2.45) is 0 Å². The van der Waals surface area contributed by atoms with Crippen LogP contribution in [-0.4, -0.2) is 35.6 Å². The third-order valence-corrected chi connectivity index (χ3v) is 3.83. The molecule has 0 spiro atoms. The zero-order valence-electron chi connectivity index (χ0n) is 12.3. The SMILES string of the molecule is CCC(CC)(CO)NC(=O)CNC(=O)c1ccc(Cl)cc1. The lowest BCUT2D eigenvalue weighted by molar-refractivity contribution is -0.122. The highest BCUT2D eigenvalue weighted by Gasteiger charge is 2.27. The highest BCUT2D eigenvalue weighted by atomic mass is 35.5. The third-order valence-electron chi connectivity index (χ3n) is 3.58. The Bertz CT molecular complexity index is 476. The Morgan fingerprint density at radius 3 is 2.24 bits per heavy atom. The van der Waals surface area contributed by atoms with Crippen molar-refractivity contribution < 1.29 is 14.7 Å². The molecular formula is C15H21ClN2O3. The van der Waals surface area contributed by atoms with Gasteiger partial charge in [0.25, 0.3) is 5.91 Å². The van der Waals surface area contributed by atoms with Crippen LogP contribution < -0.4 is 10.6 Å². The van der Waals surface area contributed by atoms with E-state index in [4.69, 9.17) is 11.6 Å². The molecule has 0 saturated carbocycles. The summed E-state index contributed by atoms with van der Waals surface area (Å²) >= 11 is 5.74. The number of hydrogen-bond donors (Lipinski definition) is 3. The van der Waals surface area contributed by atoms with Gasteiger partial charge >= 0.3 is 0 Å². The predicted molar refractivity (Wildman–Crippen MR) is 82.3 cm³/mol. The molecule has 0 atom stereocenters. The summed E-state index contributed by atoms with van der Waals surface area (Å²) in [7, 11) is 0. The van der Waals surface area contributed by atoms with Crippen molar-refractivity contribution >= 4 is 23.4 Å². The van der Waals surface area contributed by atoms with Crippen LogP contribution in [-0.2, 0) is 4.79 Å². The molecule has 2 amide bonds. The van der Waals surface area contributed by atoms with Gasteiger partial charge in [-0.1, -0.05) is 25.4 Å². The van der Waals surface area contributed by atoms with Gasteiger partial charge in [-0.05, 0) is 37.1 Å². The molecule has 0 unspecified atom stereocenters. The molecular weight excluding hydrogens is 292 g/mol. The fraction of sp³-hybridized carbons (Fsp3) is 0.467. The van der Waals surface area contributed by atoms with Crippen LogP contribution in [0, 0.1) is 0 Å². The Balaban J connectivity index is 2.53. The summed E-state index contributed by atoms with van der Waals surface area (Å²) in [4.78, 5) is 23.7. The molecule has 1 rings (SSSR count). The highest BCUT2D eigenvalue weighted by molar-refractivity contribution is 6.30. The molecule has 0 aliphatic heterocycles. The molecule has 0 aliphatic carbocycles. The Morgan fingerprint density at radius 1 is 1.19 bits per heavy atom. The molecule has 0 heterocycles. The largest absolute Gasteiger partial charge is 0.394 e. The summed E-state index contributed by atoms with van der Waals surface area (Å²) < 4.78 is 0. The van der Waals surface area contributed by atoms with Crippen molar-refractivity contribution in [3.63, 3.8) is 0 Å². The quantitative estimate of drug-likeness (QED) is 0.717. The van der Waals surface area contributed by atoms with Gasteiger partial charge < -0.3 is 15.7 Å². The van der Waals surface area contributed by atoms with E-state index in [9.17, 15) is 14.7 Å².